The van der Waals surface area contributed by atoms with Gasteiger partial charge in [-0.2, -0.15) is 0 Å². The minimum absolute atomic E-state index is 0.617. The van der Waals surface area contributed by atoms with Gasteiger partial charge in [-0.05, 0) is 44.1 Å². The summed E-state index contributed by atoms with van der Waals surface area (Å²) in [6.45, 7) is 4.13. The van der Waals surface area contributed by atoms with Gasteiger partial charge in [0, 0.05) is 17.6 Å². The van der Waals surface area contributed by atoms with Gasteiger partial charge in [0.25, 0.3) is 0 Å². The molecule has 1 unspecified atom stereocenters. The van der Waals surface area contributed by atoms with Crippen LogP contribution in [-0.2, 0) is 6.54 Å². The van der Waals surface area contributed by atoms with E-state index >= 15 is 0 Å². The number of nitrogens with one attached hydrogen (secondary N) is 2. The van der Waals surface area contributed by atoms with Gasteiger partial charge in [0.15, 0.2) is 0 Å². The van der Waals surface area contributed by atoms with E-state index in [0.29, 0.717) is 6.04 Å². The summed E-state index contributed by atoms with van der Waals surface area (Å²) in [5.41, 5.74) is 1.24. The van der Waals surface area contributed by atoms with Crippen LogP contribution in [-0.4, -0.2) is 19.6 Å². The lowest BCUT2D eigenvalue weighted by Crippen LogP contribution is -2.28. The third-order valence-electron chi connectivity index (χ3n) is 2.79. The van der Waals surface area contributed by atoms with E-state index in [0.717, 1.165) is 24.5 Å². The van der Waals surface area contributed by atoms with Crippen molar-refractivity contribution in [3.8, 4) is 0 Å². The first kappa shape index (κ1) is 13.5. The number of benzene rings is 1. The zero-order valence-electron chi connectivity index (χ0n) is 10.1. The number of rotatable bonds is 7. The van der Waals surface area contributed by atoms with Gasteiger partial charge in [-0.25, -0.2) is 0 Å². The Kier molecular flexibility index (Phi) is 6.46. The van der Waals surface area contributed by atoms with Crippen molar-refractivity contribution in [2.45, 2.75) is 32.4 Å². The summed E-state index contributed by atoms with van der Waals surface area (Å²) < 4.78 is 0. The molecular formula is C13H21ClN2. The molecule has 90 valence electrons. The van der Waals surface area contributed by atoms with E-state index in [4.69, 9.17) is 11.6 Å². The van der Waals surface area contributed by atoms with Gasteiger partial charge in [0.1, 0.15) is 0 Å². The lowest BCUT2D eigenvalue weighted by atomic mass is 10.1. The normalized spacial score (nSPS) is 12.7. The zero-order chi connectivity index (χ0) is 11.8. The van der Waals surface area contributed by atoms with E-state index in [1.807, 2.05) is 25.2 Å². The molecule has 0 saturated heterocycles. The lowest BCUT2D eigenvalue weighted by Gasteiger charge is -2.13. The highest BCUT2D eigenvalue weighted by Gasteiger charge is 2.01. The molecule has 1 aromatic rings. The van der Waals surface area contributed by atoms with Crippen molar-refractivity contribution in [2.75, 3.05) is 13.6 Å². The first-order chi connectivity index (χ1) is 7.76. The predicted molar refractivity (Wildman–Crippen MR) is 70.9 cm³/mol. The minimum Gasteiger partial charge on any atom is -0.317 e. The van der Waals surface area contributed by atoms with Crippen molar-refractivity contribution in [1.82, 2.24) is 10.6 Å². The Morgan fingerprint density at radius 3 is 2.81 bits per heavy atom. The second-order valence-electron chi connectivity index (χ2n) is 3.99. The molecule has 2 nitrogen and oxygen atoms in total. The molecule has 0 aliphatic rings. The van der Waals surface area contributed by atoms with Crippen molar-refractivity contribution in [3.63, 3.8) is 0 Å². The second-order valence-corrected chi connectivity index (χ2v) is 4.43. The van der Waals surface area contributed by atoms with Crippen LogP contribution in [0.1, 0.15) is 25.3 Å². The largest absolute Gasteiger partial charge is 0.317 e. The zero-order valence-corrected chi connectivity index (χ0v) is 10.8. The topological polar surface area (TPSA) is 24.1 Å². The minimum atomic E-state index is 0.617. The molecule has 0 amide bonds. The molecule has 0 aromatic heterocycles. The molecule has 16 heavy (non-hydrogen) atoms. The molecule has 0 fully saturated rings. The summed E-state index contributed by atoms with van der Waals surface area (Å²) in [5.74, 6) is 0. The average molecular weight is 241 g/mol. The summed E-state index contributed by atoms with van der Waals surface area (Å²) in [6, 6.07) is 8.60. The molecule has 3 heteroatoms. The quantitative estimate of drug-likeness (QED) is 0.717. The number of halogens is 1. The molecule has 0 aliphatic heterocycles. The highest BCUT2D eigenvalue weighted by Crippen LogP contribution is 2.10. The highest BCUT2D eigenvalue weighted by molar-refractivity contribution is 6.30. The summed E-state index contributed by atoms with van der Waals surface area (Å²) in [7, 11) is 2.02. The molecule has 0 bridgehead atoms. The monoisotopic (exact) mass is 240 g/mol. The first-order valence-corrected chi connectivity index (χ1v) is 6.26. The van der Waals surface area contributed by atoms with Crippen LogP contribution in [0, 0.1) is 0 Å². The first-order valence-electron chi connectivity index (χ1n) is 5.88. The Hall–Kier alpha value is -0.570. The van der Waals surface area contributed by atoms with Crippen LogP contribution in [0.25, 0.3) is 0 Å². The van der Waals surface area contributed by atoms with E-state index in [1.54, 1.807) is 0 Å². The van der Waals surface area contributed by atoms with Gasteiger partial charge < -0.3 is 10.6 Å². The molecule has 1 atom stereocenters. The van der Waals surface area contributed by atoms with Crippen LogP contribution in [0.2, 0.25) is 5.02 Å². The Morgan fingerprint density at radius 1 is 1.38 bits per heavy atom. The molecular weight excluding hydrogens is 220 g/mol. The van der Waals surface area contributed by atoms with Crippen LogP contribution in [0.5, 0.6) is 0 Å². The van der Waals surface area contributed by atoms with E-state index in [1.165, 1.54) is 12.0 Å². The fraction of sp³-hybridized carbons (Fsp3) is 0.538. The number of hydrogen-bond donors (Lipinski definition) is 2. The molecule has 0 heterocycles. The van der Waals surface area contributed by atoms with Gasteiger partial charge in [-0.3, -0.25) is 0 Å². The fourth-order valence-corrected chi connectivity index (χ4v) is 1.92. The van der Waals surface area contributed by atoms with Crippen LogP contribution in [0.4, 0.5) is 0 Å². The van der Waals surface area contributed by atoms with Crippen molar-refractivity contribution in [1.29, 1.82) is 0 Å². The van der Waals surface area contributed by atoms with Crippen LogP contribution in [0.15, 0.2) is 24.3 Å². The maximum absolute atomic E-state index is 5.92. The van der Waals surface area contributed by atoms with Gasteiger partial charge in [0.05, 0.1) is 0 Å². The van der Waals surface area contributed by atoms with Crippen LogP contribution in [0.3, 0.4) is 0 Å². The lowest BCUT2D eigenvalue weighted by molar-refractivity contribution is 0.485. The van der Waals surface area contributed by atoms with Crippen LogP contribution < -0.4 is 10.6 Å². The van der Waals surface area contributed by atoms with Crippen molar-refractivity contribution < 1.29 is 0 Å². The Labute approximate surface area is 103 Å². The standard InChI is InChI=1S/C13H21ClN2/c1-3-13(15-2)7-8-16-10-11-5-4-6-12(14)9-11/h4-6,9,13,15-16H,3,7-8,10H2,1-2H3. The smallest absolute Gasteiger partial charge is 0.0409 e. The highest BCUT2D eigenvalue weighted by atomic mass is 35.5. The van der Waals surface area contributed by atoms with E-state index in [-0.39, 0.29) is 0 Å². The molecule has 0 radical (unpaired) electrons. The van der Waals surface area contributed by atoms with Crippen molar-refractivity contribution in [2.24, 2.45) is 0 Å². The van der Waals surface area contributed by atoms with E-state index in [9.17, 15) is 0 Å². The molecule has 1 aromatic carbocycles. The SMILES string of the molecule is CCC(CCNCc1cccc(Cl)c1)NC. The van der Waals surface area contributed by atoms with Gasteiger partial charge >= 0.3 is 0 Å². The van der Waals surface area contributed by atoms with E-state index < -0.39 is 0 Å². The van der Waals surface area contributed by atoms with Gasteiger partial charge in [-0.1, -0.05) is 30.7 Å². The second kappa shape index (κ2) is 7.66. The predicted octanol–water partition coefficient (Wildman–Crippen LogP) is 2.82. The maximum Gasteiger partial charge on any atom is 0.0409 e. The summed E-state index contributed by atoms with van der Waals surface area (Å²) >= 11 is 5.92. The number of hydrogen-bond acceptors (Lipinski definition) is 2. The molecule has 1 rings (SSSR count). The van der Waals surface area contributed by atoms with E-state index in [2.05, 4.69) is 23.6 Å². The summed E-state index contributed by atoms with van der Waals surface area (Å²) in [4.78, 5) is 0. The molecule has 2 N–H and O–H groups in total. The average Bonchev–Trinajstić information content (AvgIpc) is 2.29. The summed E-state index contributed by atoms with van der Waals surface area (Å²) in [6.07, 6.45) is 2.34. The van der Waals surface area contributed by atoms with Crippen molar-refractivity contribution >= 4 is 11.6 Å². The van der Waals surface area contributed by atoms with Gasteiger partial charge in [0.2, 0.25) is 0 Å². The van der Waals surface area contributed by atoms with Crippen LogP contribution >= 0.6 is 11.6 Å². The van der Waals surface area contributed by atoms with Crippen molar-refractivity contribution in [3.05, 3.63) is 34.9 Å². The molecule has 0 saturated carbocycles. The fourth-order valence-electron chi connectivity index (χ4n) is 1.71. The third kappa shape index (κ3) is 4.97. The summed E-state index contributed by atoms with van der Waals surface area (Å²) in [5, 5.41) is 7.53. The third-order valence-corrected chi connectivity index (χ3v) is 3.02. The maximum atomic E-state index is 5.92. The molecule has 0 spiro atoms. The van der Waals surface area contributed by atoms with Gasteiger partial charge in [-0.15, -0.1) is 0 Å². The Morgan fingerprint density at radius 2 is 2.19 bits per heavy atom. The molecule has 0 aliphatic carbocycles. The Bertz CT molecular complexity index is 298. The Balaban J connectivity index is 2.20.